The minimum absolute atomic E-state index is 0.0680. The van der Waals surface area contributed by atoms with Gasteiger partial charge in [0.2, 0.25) is 0 Å². The average molecular weight is 247 g/mol. The zero-order valence-electron chi connectivity index (χ0n) is 9.25. The number of hydrogen-bond donors (Lipinski definition) is 1. The first-order chi connectivity index (χ1) is 7.99. The SMILES string of the molecule is COC(=O)Cc1cc(C(F)F)[nH]c(=O)c1OC. The van der Waals surface area contributed by atoms with Crippen molar-refractivity contribution in [3.63, 3.8) is 0 Å². The molecule has 0 saturated heterocycles. The number of halogens is 2. The van der Waals surface area contributed by atoms with E-state index in [2.05, 4.69) is 4.74 Å². The Morgan fingerprint density at radius 3 is 2.59 bits per heavy atom. The summed E-state index contributed by atoms with van der Waals surface area (Å²) in [5, 5.41) is 0. The molecule has 0 aromatic carbocycles. The zero-order chi connectivity index (χ0) is 13.0. The van der Waals surface area contributed by atoms with E-state index in [-0.39, 0.29) is 17.7 Å². The highest BCUT2D eigenvalue weighted by atomic mass is 19.3. The number of aromatic amines is 1. The molecule has 1 heterocycles. The van der Waals surface area contributed by atoms with Crippen molar-refractivity contribution >= 4 is 5.97 Å². The number of aromatic nitrogens is 1. The first-order valence-electron chi connectivity index (χ1n) is 4.64. The molecule has 0 fully saturated rings. The molecule has 1 aromatic rings. The van der Waals surface area contributed by atoms with Crippen molar-refractivity contribution in [1.29, 1.82) is 0 Å². The number of carbonyl (C=O) groups excluding carboxylic acids is 1. The number of alkyl halides is 2. The Hall–Kier alpha value is -1.92. The summed E-state index contributed by atoms with van der Waals surface area (Å²) >= 11 is 0. The summed E-state index contributed by atoms with van der Waals surface area (Å²) in [5.41, 5.74) is -1.29. The van der Waals surface area contributed by atoms with Crippen LogP contribution in [0, 0.1) is 0 Å². The summed E-state index contributed by atoms with van der Waals surface area (Å²) in [7, 11) is 2.38. The van der Waals surface area contributed by atoms with E-state index in [1.165, 1.54) is 7.11 Å². The summed E-state index contributed by atoms with van der Waals surface area (Å²) in [6.45, 7) is 0. The van der Waals surface area contributed by atoms with Crippen molar-refractivity contribution in [1.82, 2.24) is 4.98 Å². The molecule has 94 valence electrons. The number of carbonyl (C=O) groups is 1. The Kier molecular flexibility index (Phi) is 4.19. The minimum atomic E-state index is -2.83. The molecule has 5 nitrogen and oxygen atoms in total. The Morgan fingerprint density at radius 2 is 2.12 bits per heavy atom. The number of esters is 1. The average Bonchev–Trinajstić information content (AvgIpc) is 2.28. The largest absolute Gasteiger partial charge is 0.491 e. The molecule has 0 radical (unpaired) electrons. The van der Waals surface area contributed by atoms with Gasteiger partial charge in [0.1, 0.15) is 0 Å². The number of hydrogen-bond acceptors (Lipinski definition) is 4. The van der Waals surface area contributed by atoms with E-state index in [1.807, 2.05) is 4.98 Å². The third-order valence-electron chi connectivity index (χ3n) is 2.09. The van der Waals surface area contributed by atoms with E-state index in [9.17, 15) is 18.4 Å². The van der Waals surface area contributed by atoms with E-state index < -0.39 is 23.6 Å². The molecule has 17 heavy (non-hydrogen) atoms. The van der Waals surface area contributed by atoms with Crippen molar-refractivity contribution in [3.05, 3.63) is 27.7 Å². The number of H-pyrrole nitrogens is 1. The van der Waals surface area contributed by atoms with Crippen LogP contribution in [0.25, 0.3) is 0 Å². The van der Waals surface area contributed by atoms with Gasteiger partial charge in [-0.1, -0.05) is 0 Å². The smallest absolute Gasteiger partial charge is 0.310 e. The van der Waals surface area contributed by atoms with Gasteiger partial charge in [-0.15, -0.1) is 0 Å². The second-order valence-electron chi connectivity index (χ2n) is 3.17. The van der Waals surface area contributed by atoms with Gasteiger partial charge in [0.05, 0.1) is 26.3 Å². The lowest BCUT2D eigenvalue weighted by molar-refractivity contribution is -0.139. The van der Waals surface area contributed by atoms with Crippen LogP contribution in [0.5, 0.6) is 5.75 Å². The number of methoxy groups -OCH3 is 2. The fourth-order valence-electron chi connectivity index (χ4n) is 1.32. The van der Waals surface area contributed by atoms with E-state index in [0.717, 1.165) is 13.2 Å². The third-order valence-corrected chi connectivity index (χ3v) is 2.09. The molecule has 7 heteroatoms. The Bertz CT molecular complexity index is 470. The number of ether oxygens (including phenoxy) is 2. The fourth-order valence-corrected chi connectivity index (χ4v) is 1.32. The second-order valence-corrected chi connectivity index (χ2v) is 3.17. The summed E-state index contributed by atoms with van der Waals surface area (Å²) in [6.07, 6.45) is -3.13. The van der Waals surface area contributed by atoms with Crippen molar-refractivity contribution in [2.45, 2.75) is 12.8 Å². The summed E-state index contributed by atoms with van der Waals surface area (Å²) in [5.74, 6) is -0.811. The maximum Gasteiger partial charge on any atom is 0.310 e. The van der Waals surface area contributed by atoms with Crippen LogP contribution in [0.3, 0.4) is 0 Å². The molecule has 0 aliphatic heterocycles. The van der Waals surface area contributed by atoms with Crippen LogP contribution in [0.1, 0.15) is 17.7 Å². The maximum absolute atomic E-state index is 12.5. The fraction of sp³-hybridized carbons (Fsp3) is 0.400. The van der Waals surface area contributed by atoms with Gasteiger partial charge in [-0.05, 0) is 6.07 Å². The van der Waals surface area contributed by atoms with Crippen LogP contribution in [-0.4, -0.2) is 25.2 Å². The second kappa shape index (κ2) is 5.42. The van der Waals surface area contributed by atoms with Crippen LogP contribution < -0.4 is 10.3 Å². The van der Waals surface area contributed by atoms with E-state index in [1.54, 1.807) is 0 Å². The molecule has 1 rings (SSSR count). The van der Waals surface area contributed by atoms with Crippen LogP contribution in [0.15, 0.2) is 10.9 Å². The summed E-state index contributed by atoms with van der Waals surface area (Å²) < 4.78 is 34.1. The highest BCUT2D eigenvalue weighted by Crippen LogP contribution is 2.21. The van der Waals surface area contributed by atoms with Gasteiger partial charge in [0.25, 0.3) is 12.0 Å². The van der Waals surface area contributed by atoms with E-state index in [4.69, 9.17) is 4.74 Å². The lowest BCUT2D eigenvalue weighted by Gasteiger charge is -2.08. The Morgan fingerprint density at radius 1 is 1.47 bits per heavy atom. The molecular formula is C10H11F2NO4. The zero-order valence-corrected chi connectivity index (χ0v) is 9.25. The Balaban J connectivity index is 3.24. The maximum atomic E-state index is 12.5. The molecular weight excluding hydrogens is 236 g/mol. The summed E-state index contributed by atoms with van der Waals surface area (Å²) in [6, 6.07) is 1.02. The summed E-state index contributed by atoms with van der Waals surface area (Å²) in [4.78, 5) is 24.4. The van der Waals surface area contributed by atoms with Gasteiger partial charge in [-0.2, -0.15) is 0 Å². The van der Waals surface area contributed by atoms with Crippen molar-refractivity contribution in [2.75, 3.05) is 14.2 Å². The molecule has 0 aliphatic carbocycles. The molecule has 0 unspecified atom stereocenters. The van der Waals surface area contributed by atoms with Gasteiger partial charge >= 0.3 is 5.97 Å². The van der Waals surface area contributed by atoms with Crippen LogP contribution in [0.4, 0.5) is 8.78 Å². The van der Waals surface area contributed by atoms with E-state index >= 15 is 0 Å². The quantitative estimate of drug-likeness (QED) is 0.807. The highest BCUT2D eigenvalue weighted by molar-refractivity contribution is 5.73. The molecule has 0 amide bonds. The first-order valence-corrected chi connectivity index (χ1v) is 4.64. The van der Waals surface area contributed by atoms with Gasteiger partial charge in [0, 0.05) is 5.56 Å². The number of nitrogens with one attached hydrogen (secondary N) is 1. The van der Waals surface area contributed by atoms with Crippen LogP contribution in [0.2, 0.25) is 0 Å². The minimum Gasteiger partial charge on any atom is -0.491 e. The standard InChI is InChI=1S/C10H11F2NO4/c1-16-7(14)4-5-3-6(9(11)12)13-10(15)8(5)17-2/h3,9H,4H2,1-2H3,(H,13,15). The molecule has 0 bridgehead atoms. The molecule has 0 atom stereocenters. The number of rotatable bonds is 4. The molecule has 0 aliphatic rings. The predicted octanol–water partition coefficient (Wildman–Crippen LogP) is 1.04. The van der Waals surface area contributed by atoms with E-state index in [0.29, 0.717) is 0 Å². The first kappa shape index (κ1) is 13.1. The monoisotopic (exact) mass is 247 g/mol. The molecule has 1 aromatic heterocycles. The van der Waals surface area contributed by atoms with Gasteiger partial charge < -0.3 is 14.5 Å². The lowest BCUT2D eigenvalue weighted by atomic mass is 10.1. The molecule has 1 N–H and O–H groups in total. The van der Waals surface area contributed by atoms with Crippen molar-refractivity contribution in [2.24, 2.45) is 0 Å². The third kappa shape index (κ3) is 3.02. The van der Waals surface area contributed by atoms with Crippen LogP contribution >= 0.6 is 0 Å². The van der Waals surface area contributed by atoms with Crippen molar-refractivity contribution < 1.29 is 23.0 Å². The van der Waals surface area contributed by atoms with Crippen LogP contribution in [-0.2, 0) is 16.0 Å². The van der Waals surface area contributed by atoms with Gasteiger partial charge in [-0.25, -0.2) is 8.78 Å². The lowest BCUT2D eigenvalue weighted by Crippen LogP contribution is -2.17. The highest BCUT2D eigenvalue weighted by Gasteiger charge is 2.17. The van der Waals surface area contributed by atoms with Gasteiger partial charge in [-0.3, -0.25) is 9.59 Å². The predicted molar refractivity (Wildman–Crippen MR) is 54.3 cm³/mol. The Labute approximate surface area is 95.4 Å². The molecule has 0 spiro atoms. The number of pyridine rings is 1. The van der Waals surface area contributed by atoms with Crippen molar-refractivity contribution in [3.8, 4) is 5.75 Å². The normalized spacial score (nSPS) is 10.4. The topological polar surface area (TPSA) is 68.4 Å². The van der Waals surface area contributed by atoms with Gasteiger partial charge in [0.15, 0.2) is 5.75 Å². The molecule has 0 saturated carbocycles.